The molecular formula is C14H28F6N2O7S2. The maximum absolute atomic E-state index is 11.4. The van der Waals surface area contributed by atoms with Crippen molar-refractivity contribution in [1.29, 1.82) is 0 Å². The predicted molar refractivity (Wildman–Crippen MR) is 99.0 cm³/mol. The van der Waals surface area contributed by atoms with E-state index in [1.165, 1.54) is 6.42 Å². The Hall–Kier alpha value is -0.720. The van der Waals surface area contributed by atoms with Crippen LogP contribution in [0.2, 0.25) is 0 Å². The van der Waals surface area contributed by atoms with Crippen LogP contribution in [-0.2, 0) is 34.3 Å². The number of methoxy groups -OCH3 is 3. The minimum absolute atomic E-state index is 0.778. The molecule has 0 atom stereocenters. The zero-order valence-electron chi connectivity index (χ0n) is 17.5. The normalized spacial score (nSPS) is 13.6. The molecule has 17 heteroatoms. The van der Waals surface area contributed by atoms with Gasteiger partial charge >= 0.3 is 11.0 Å². The quantitative estimate of drug-likeness (QED) is 0.274. The van der Waals surface area contributed by atoms with Crippen LogP contribution >= 0.6 is 0 Å². The van der Waals surface area contributed by atoms with Gasteiger partial charge in [-0.2, -0.15) is 26.3 Å². The number of hydrogen-bond acceptors (Lipinski definition) is 7. The van der Waals surface area contributed by atoms with Gasteiger partial charge in [0.2, 0.25) is 0 Å². The van der Waals surface area contributed by atoms with E-state index in [0.29, 0.717) is 0 Å². The second-order valence-corrected chi connectivity index (χ2v) is 9.55. The lowest BCUT2D eigenvalue weighted by Crippen LogP contribution is -2.54. The zero-order valence-corrected chi connectivity index (χ0v) is 19.1. The Morgan fingerprint density at radius 3 is 1.16 bits per heavy atom. The van der Waals surface area contributed by atoms with Crippen molar-refractivity contribution in [1.82, 2.24) is 0 Å². The van der Waals surface area contributed by atoms with E-state index in [2.05, 4.69) is 6.92 Å². The molecule has 0 radical (unpaired) electrons. The molecule has 9 nitrogen and oxygen atoms in total. The van der Waals surface area contributed by atoms with Gasteiger partial charge in [0.05, 0.1) is 26.4 Å². The smallest absolute Gasteiger partial charge is 0.421 e. The summed E-state index contributed by atoms with van der Waals surface area (Å²) in [5.41, 5.74) is -12.4. The maximum atomic E-state index is 11.4. The number of ether oxygens (including phenoxy) is 3. The fourth-order valence-electron chi connectivity index (χ4n) is 2.21. The topological polar surface area (TPSA) is 110 Å². The van der Waals surface area contributed by atoms with Gasteiger partial charge in [-0.3, -0.25) is 0 Å². The van der Waals surface area contributed by atoms with Gasteiger partial charge in [0.1, 0.15) is 19.6 Å². The molecule has 0 N–H and O–H groups in total. The molecule has 0 spiro atoms. The van der Waals surface area contributed by atoms with Crippen LogP contribution in [-0.4, -0.2) is 99.7 Å². The summed E-state index contributed by atoms with van der Waals surface area (Å²) in [6.45, 7) is 8.90. The first kappa shape index (κ1) is 32.5. The van der Waals surface area contributed by atoms with E-state index in [1.54, 1.807) is 21.3 Å². The number of halogens is 6. The van der Waals surface area contributed by atoms with Crippen molar-refractivity contribution in [3.8, 4) is 0 Å². The molecule has 0 fully saturated rings. The van der Waals surface area contributed by atoms with Gasteiger partial charge in [0.15, 0.2) is 20.0 Å². The first-order valence-corrected chi connectivity index (χ1v) is 11.5. The molecule has 0 heterocycles. The Balaban J connectivity index is 0. The molecule has 0 aromatic rings. The number of rotatable bonds is 13. The first-order valence-electron chi connectivity index (χ1n) is 8.64. The standard InChI is InChI=1S/C12H28NO3.C2F6NO4S2/c1-5-6-13(7-10-14-2,8-11-15-3)9-12-16-4;3-1(4,5)14(10,11)9-15(12,13)2(6,7)8/h5-12H2,1-4H3;/q+1;-1. The first-order chi connectivity index (χ1) is 13.9. The number of quaternary nitrogens is 1. The summed E-state index contributed by atoms with van der Waals surface area (Å²) in [4.78, 5) is 0. The van der Waals surface area contributed by atoms with E-state index in [-0.39, 0.29) is 0 Å². The zero-order chi connectivity index (χ0) is 25.0. The fourth-order valence-corrected chi connectivity index (χ4v) is 3.92. The third-order valence-corrected chi connectivity index (χ3v) is 6.53. The van der Waals surface area contributed by atoms with Crippen LogP contribution in [0.5, 0.6) is 0 Å². The van der Waals surface area contributed by atoms with E-state index in [9.17, 15) is 43.2 Å². The minimum Gasteiger partial charge on any atom is -0.421 e. The average molecular weight is 515 g/mol. The molecule has 0 unspecified atom stereocenters. The van der Waals surface area contributed by atoms with Crippen LogP contribution in [0.25, 0.3) is 4.13 Å². The van der Waals surface area contributed by atoms with E-state index in [1.807, 2.05) is 0 Å². The SMILES string of the molecule is CCC[N+](CCOC)(CCOC)CCOC.O=S(=O)([N-]S(=O)(=O)C(F)(F)F)C(F)(F)F. The van der Waals surface area contributed by atoms with Crippen LogP contribution in [0.15, 0.2) is 0 Å². The van der Waals surface area contributed by atoms with Crippen molar-refractivity contribution in [2.24, 2.45) is 0 Å². The second kappa shape index (κ2) is 13.7. The third kappa shape index (κ3) is 12.2. The predicted octanol–water partition coefficient (Wildman–Crippen LogP) is 2.21. The highest BCUT2D eigenvalue weighted by atomic mass is 32.3. The average Bonchev–Trinajstić information content (AvgIpc) is 2.61. The summed E-state index contributed by atoms with van der Waals surface area (Å²) in [7, 11) is -8.17. The van der Waals surface area contributed by atoms with Gasteiger partial charge in [-0.25, -0.2) is 16.8 Å². The van der Waals surface area contributed by atoms with Gasteiger partial charge in [-0.1, -0.05) is 6.92 Å². The molecule has 0 saturated heterocycles. The maximum Gasteiger partial charge on any atom is 0.480 e. The summed E-state index contributed by atoms with van der Waals surface area (Å²) in [5, 5.41) is 0. The van der Waals surface area contributed by atoms with Crippen LogP contribution in [0, 0.1) is 0 Å². The highest BCUT2D eigenvalue weighted by Gasteiger charge is 2.46. The van der Waals surface area contributed by atoms with Crippen molar-refractivity contribution in [3.63, 3.8) is 0 Å². The molecule has 31 heavy (non-hydrogen) atoms. The fraction of sp³-hybridized carbons (Fsp3) is 1.00. The monoisotopic (exact) mass is 514 g/mol. The number of alkyl halides is 6. The number of nitrogens with zero attached hydrogens (tertiary/aromatic N) is 2. The number of hydrogen-bond donors (Lipinski definition) is 0. The lowest BCUT2D eigenvalue weighted by Gasteiger charge is -2.38. The highest BCUT2D eigenvalue weighted by Crippen LogP contribution is 2.36. The van der Waals surface area contributed by atoms with Gasteiger partial charge < -0.3 is 22.8 Å². The Labute approximate surface area is 178 Å². The van der Waals surface area contributed by atoms with Crippen molar-refractivity contribution in [3.05, 3.63) is 4.13 Å². The molecule has 0 rings (SSSR count). The molecule has 0 bridgehead atoms. The Morgan fingerprint density at radius 2 is 0.968 bits per heavy atom. The molecule has 190 valence electrons. The molecule has 0 aromatic carbocycles. The largest absolute Gasteiger partial charge is 0.480 e. The van der Waals surface area contributed by atoms with Gasteiger partial charge in [0, 0.05) is 21.3 Å². The second-order valence-electron chi connectivity index (χ2n) is 6.13. The Bertz CT molecular complexity index is 633. The van der Waals surface area contributed by atoms with E-state index in [0.717, 1.165) is 54.6 Å². The molecule has 0 aliphatic heterocycles. The van der Waals surface area contributed by atoms with Crippen LogP contribution in [0.3, 0.4) is 0 Å². The van der Waals surface area contributed by atoms with E-state index in [4.69, 9.17) is 14.2 Å². The van der Waals surface area contributed by atoms with Gasteiger partial charge in [0.25, 0.3) is 0 Å². The molecule has 0 aliphatic rings. The van der Waals surface area contributed by atoms with Gasteiger partial charge in [-0.15, -0.1) is 0 Å². The van der Waals surface area contributed by atoms with Crippen molar-refractivity contribution in [2.75, 3.05) is 67.3 Å². The Morgan fingerprint density at radius 1 is 0.677 bits per heavy atom. The molecule has 0 saturated carbocycles. The Kier molecular flexibility index (Phi) is 14.4. The summed E-state index contributed by atoms with van der Waals surface area (Å²) < 4.78 is 126. The lowest BCUT2D eigenvalue weighted by molar-refractivity contribution is -0.929. The summed E-state index contributed by atoms with van der Waals surface area (Å²) in [5.74, 6) is 0. The van der Waals surface area contributed by atoms with Crippen molar-refractivity contribution in [2.45, 2.75) is 24.4 Å². The molecule has 0 aliphatic carbocycles. The van der Waals surface area contributed by atoms with Crippen molar-refractivity contribution < 1.29 is 61.9 Å². The molecular weight excluding hydrogens is 486 g/mol. The minimum atomic E-state index is -6.72. The summed E-state index contributed by atoms with van der Waals surface area (Å²) in [6.07, 6.45) is 1.18. The van der Waals surface area contributed by atoms with Crippen LogP contribution in [0.4, 0.5) is 26.3 Å². The third-order valence-electron chi connectivity index (χ3n) is 3.79. The van der Waals surface area contributed by atoms with Crippen molar-refractivity contribution >= 4 is 20.0 Å². The van der Waals surface area contributed by atoms with Crippen LogP contribution < -0.4 is 0 Å². The molecule has 0 aromatic heterocycles. The summed E-state index contributed by atoms with van der Waals surface area (Å²) >= 11 is 0. The van der Waals surface area contributed by atoms with E-state index < -0.39 is 31.1 Å². The van der Waals surface area contributed by atoms with Gasteiger partial charge in [-0.05, 0) is 6.42 Å². The van der Waals surface area contributed by atoms with Crippen LogP contribution in [0.1, 0.15) is 13.3 Å². The molecule has 0 amide bonds. The highest BCUT2D eigenvalue weighted by molar-refractivity contribution is 8.13. The lowest BCUT2D eigenvalue weighted by atomic mass is 10.3. The number of sulfonamides is 2. The van der Waals surface area contributed by atoms with E-state index >= 15 is 0 Å². The summed E-state index contributed by atoms with van der Waals surface area (Å²) in [6, 6.07) is 0.